The minimum Gasteiger partial charge on any atom is -0.477 e. The molecule has 3 unspecified atom stereocenters. The van der Waals surface area contributed by atoms with Crippen molar-refractivity contribution in [3.05, 3.63) is 74.7 Å². The lowest BCUT2D eigenvalue weighted by atomic mass is 9.74. The van der Waals surface area contributed by atoms with Gasteiger partial charge in [-0.25, -0.2) is 14.2 Å². The summed E-state index contributed by atoms with van der Waals surface area (Å²) in [4.78, 5) is 21.4. The average molecular weight is 527 g/mol. The van der Waals surface area contributed by atoms with Crippen LogP contribution in [0.15, 0.2) is 52.0 Å². The molecule has 0 saturated heterocycles. The van der Waals surface area contributed by atoms with Gasteiger partial charge in [-0.3, -0.25) is 4.99 Å². The van der Waals surface area contributed by atoms with E-state index in [0.29, 0.717) is 29.0 Å². The lowest BCUT2D eigenvalue weighted by molar-refractivity contribution is -0.140. The number of carbonyl (C=O) groups is 1. The molecule has 10 heteroatoms. The van der Waals surface area contributed by atoms with Crippen LogP contribution in [0.2, 0.25) is 5.15 Å². The van der Waals surface area contributed by atoms with Crippen LogP contribution < -0.4 is 0 Å². The fourth-order valence-corrected chi connectivity index (χ4v) is 6.60. The number of alkyl halides is 3. The van der Waals surface area contributed by atoms with E-state index in [-0.39, 0.29) is 21.9 Å². The zero-order chi connectivity index (χ0) is 25.7. The van der Waals surface area contributed by atoms with Crippen LogP contribution in [0.5, 0.6) is 0 Å². The number of nitrogens with zero attached hydrogens (tertiary/aromatic N) is 2. The third kappa shape index (κ3) is 4.72. The van der Waals surface area contributed by atoms with Crippen molar-refractivity contribution in [3.63, 3.8) is 0 Å². The molecule has 4 rings (SSSR count). The van der Waals surface area contributed by atoms with Crippen molar-refractivity contribution >= 4 is 34.4 Å². The van der Waals surface area contributed by atoms with Gasteiger partial charge in [0.15, 0.2) is 0 Å². The van der Waals surface area contributed by atoms with Crippen LogP contribution in [0.25, 0.3) is 0 Å². The minimum absolute atomic E-state index is 0.0326. The van der Waals surface area contributed by atoms with Gasteiger partial charge in [0.05, 0.1) is 21.1 Å². The van der Waals surface area contributed by atoms with Gasteiger partial charge in [-0.05, 0) is 60.6 Å². The molecule has 2 aliphatic rings. The van der Waals surface area contributed by atoms with Crippen molar-refractivity contribution < 1.29 is 27.5 Å². The number of aliphatic imine (C=N–C) groups is 1. The first-order valence-electron chi connectivity index (χ1n) is 11.1. The molecule has 2 aliphatic heterocycles. The molecule has 35 heavy (non-hydrogen) atoms. The number of carboxylic acid groups (broad SMARTS) is 1. The van der Waals surface area contributed by atoms with E-state index in [0.717, 1.165) is 29.5 Å². The number of aliphatic carboxylic acids is 1. The normalized spacial score (nSPS) is 24.9. The van der Waals surface area contributed by atoms with E-state index in [9.17, 15) is 27.5 Å². The Balaban J connectivity index is 1.87. The molecule has 0 spiro atoms. The molecule has 1 aromatic carbocycles. The molecular formula is C25H23ClF4N2O2S. The predicted octanol–water partition coefficient (Wildman–Crippen LogP) is 7.44. The largest absolute Gasteiger partial charge is 0.477 e. The quantitative estimate of drug-likeness (QED) is 0.332. The van der Waals surface area contributed by atoms with E-state index >= 15 is 0 Å². The molecule has 186 valence electrons. The number of thioether (sulfide) groups is 1. The van der Waals surface area contributed by atoms with Gasteiger partial charge in [-0.1, -0.05) is 49.3 Å². The number of carboxylic acids is 1. The zero-order valence-electron chi connectivity index (χ0n) is 19.2. The molecule has 1 aromatic heterocycles. The van der Waals surface area contributed by atoms with Crippen molar-refractivity contribution in [1.29, 1.82) is 0 Å². The monoisotopic (exact) mass is 526 g/mol. The van der Waals surface area contributed by atoms with E-state index in [4.69, 9.17) is 16.6 Å². The maximum absolute atomic E-state index is 14.6. The van der Waals surface area contributed by atoms with E-state index in [1.807, 2.05) is 20.8 Å². The Morgan fingerprint density at radius 1 is 1.23 bits per heavy atom. The Hall–Kier alpha value is -2.39. The smallest absolute Gasteiger partial charge is 0.419 e. The van der Waals surface area contributed by atoms with Gasteiger partial charge in [0.25, 0.3) is 0 Å². The van der Waals surface area contributed by atoms with Gasteiger partial charge >= 0.3 is 12.1 Å². The van der Waals surface area contributed by atoms with Gasteiger partial charge in [0.2, 0.25) is 0 Å². The molecule has 3 atom stereocenters. The molecule has 1 N–H and O–H groups in total. The van der Waals surface area contributed by atoms with Gasteiger partial charge in [0, 0.05) is 18.0 Å². The molecule has 0 bridgehead atoms. The highest BCUT2D eigenvalue weighted by atomic mass is 35.5. The van der Waals surface area contributed by atoms with E-state index in [1.54, 1.807) is 18.3 Å². The summed E-state index contributed by atoms with van der Waals surface area (Å²) in [7, 11) is 0. The molecule has 0 saturated carbocycles. The summed E-state index contributed by atoms with van der Waals surface area (Å²) < 4.78 is 54.1. The van der Waals surface area contributed by atoms with Gasteiger partial charge in [-0.2, -0.15) is 13.2 Å². The summed E-state index contributed by atoms with van der Waals surface area (Å²) >= 11 is 7.10. The van der Waals surface area contributed by atoms with Crippen molar-refractivity contribution in [2.24, 2.45) is 16.8 Å². The van der Waals surface area contributed by atoms with E-state index in [1.165, 1.54) is 6.07 Å². The summed E-state index contributed by atoms with van der Waals surface area (Å²) in [6.07, 6.45) is -2.27. The van der Waals surface area contributed by atoms with Gasteiger partial charge < -0.3 is 5.11 Å². The molecule has 4 nitrogen and oxygen atoms in total. The van der Waals surface area contributed by atoms with E-state index < -0.39 is 35.0 Å². The molecule has 0 amide bonds. The maximum Gasteiger partial charge on any atom is 0.419 e. The summed E-state index contributed by atoms with van der Waals surface area (Å²) in [6, 6.07) is 6.33. The predicted molar refractivity (Wildman–Crippen MR) is 128 cm³/mol. The SMILES string of the molecule is CC(C)C1=C(C(=O)O)SC2=NC(C)(c3ccc(Cl)nc3)C(c3ccc(C(F)(F)F)c(F)c3)CCC21. The molecule has 0 fully saturated rings. The number of hydrogen-bond acceptors (Lipinski definition) is 4. The number of fused-ring (bicyclic) bond motifs is 1. The Labute approximate surface area is 209 Å². The fraction of sp³-hybridized carbons (Fsp3) is 0.400. The lowest BCUT2D eigenvalue weighted by Crippen LogP contribution is -2.29. The summed E-state index contributed by atoms with van der Waals surface area (Å²) in [5, 5.41) is 10.7. The lowest BCUT2D eigenvalue weighted by Gasteiger charge is -2.34. The minimum atomic E-state index is -4.80. The fourth-order valence-electron chi connectivity index (χ4n) is 5.07. The highest BCUT2D eigenvalue weighted by Gasteiger charge is 2.46. The number of allylic oxidation sites excluding steroid dienone is 1. The van der Waals surface area contributed by atoms with Gasteiger partial charge in [0.1, 0.15) is 11.0 Å². The maximum atomic E-state index is 14.6. The Morgan fingerprint density at radius 3 is 2.49 bits per heavy atom. The van der Waals surface area contributed by atoms with Gasteiger partial charge in [-0.15, -0.1) is 0 Å². The Kier molecular flexibility index (Phi) is 6.79. The Morgan fingerprint density at radius 2 is 1.94 bits per heavy atom. The molecule has 3 heterocycles. The standard InChI is InChI=1S/C25H23ClF4N2O2S/c1-12(2)20-15-6-8-16(13-4-7-17(18(27)10-13)25(28,29)30)24(3,14-5-9-19(26)31-11-14)32-22(15)35-21(20)23(33)34/h4-5,7,9-12,15-16H,6,8H2,1-3H3,(H,33,34). The number of halogens is 5. The van der Waals surface area contributed by atoms with Crippen LogP contribution in [-0.2, 0) is 16.5 Å². The second-order valence-corrected chi connectivity index (χ2v) is 10.7. The van der Waals surface area contributed by atoms with Crippen molar-refractivity contribution in [3.8, 4) is 0 Å². The van der Waals surface area contributed by atoms with Crippen molar-refractivity contribution in [2.45, 2.75) is 51.2 Å². The Bertz CT molecular complexity index is 1230. The first kappa shape index (κ1) is 25.7. The van der Waals surface area contributed by atoms with Crippen LogP contribution in [0, 0.1) is 17.7 Å². The number of benzene rings is 1. The van der Waals surface area contributed by atoms with Crippen LogP contribution >= 0.6 is 23.4 Å². The topological polar surface area (TPSA) is 62.5 Å². The third-order valence-electron chi connectivity index (χ3n) is 6.74. The first-order chi connectivity index (χ1) is 16.3. The first-order valence-corrected chi connectivity index (χ1v) is 12.3. The number of aromatic nitrogens is 1. The molecule has 0 aliphatic carbocycles. The van der Waals surface area contributed by atoms with Crippen LogP contribution in [0.3, 0.4) is 0 Å². The molecular weight excluding hydrogens is 504 g/mol. The highest BCUT2D eigenvalue weighted by molar-refractivity contribution is 8.18. The molecule has 2 aromatic rings. The second-order valence-electron chi connectivity index (χ2n) is 9.23. The van der Waals surface area contributed by atoms with Crippen molar-refractivity contribution in [2.75, 3.05) is 0 Å². The number of rotatable bonds is 4. The van der Waals surface area contributed by atoms with Crippen LogP contribution in [0.4, 0.5) is 17.6 Å². The van der Waals surface area contributed by atoms with Crippen LogP contribution in [0.1, 0.15) is 56.2 Å². The zero-order valence-corrected chi connectivity index (χ0v) is 20.7. The second kappa shape index (κ2) is 9.24. The van der Waals surface area contributed by atoms with Crippen molar-refractivity contribution in [1.82, 2.24) is 4.98 Å². The van der Waals surface area contributed by atoms with Crippen LogP contribution in [-0.4, -0.2) is 21.1 Å². The highest BCUT2D eigenvalue weighted by Crippen LogP contribution is 2.53. The number of hydrogen-bond donors (Lipinski definition) is 1. The number of pyridine rings is 1. The summed E-state index contributed by atoms with van der Waals surface area (Å²) in [5.74, 6) is -3.09. The average Bonchev–Trinajstić information content (AvgIpc) is 3.04. The summed E-state index contributed by atoms with van der Waals surface area (Å²) in [5.41, 5.74) is -0.542. The third-order valence-corrected chi connectivity index (χ3v) is 8.16. The molecule has 0 radical (unpaired) electrons. The van der Waals surface area contributed by atoms with E-state index in [2.05, 4.69) is 4.98 Å². The summed E-state index contributed by atoms with van der Waals surface area (Å²) in [6.45, 7) is 5.68.